The third-order valence-electron chi connectivity index (χ3n) is 5.14. The lowest BCUT2D eigenvalue weighted by Gasteiger charge is -2.34. The van der Waals surface area contributed by atoms with Gasteiger partial charge < -0.3 is 13.7 Å². The highest BCUT2D eigenvalue weighted by molar-refractivity contribution is 7.88. The first kappa shape index (κ1) is 19.5. The first-order valence-corrected chi connectivity index (χ1v) is 11.2. The summed E-state index contributed by atoms with van der Waals surface area (Å²) in [4.78, 5) is 8.64. The van der Waals surface area contributed by atoms with Gasteiger partial charge in [-0.1, -0.05) is 25.9 Å². The van der Waals surface area contributed by atoms with Crippen molar-refractivity contribution in [3.05, 3.63) is 29.6 Å². The van der Waals surface area contributed by atoms with Gasteiger partial charge in [-0.05, 0) is 25.7 Å². The van der Waals surface area contributed by atoms with Crippen molar-refractivity contribution in [3.8, 4) is 0 Å². The van der Waals surface area contributed by atoms with Gasteiger partial charge in [-0.3, -0.25) is 0 Å². The molecular formula is C18H26N4O5S. The summed E-state index contributed by atoms with van der Waals surface area (Å²) in [5.41, 5.74) is -0.891. The van der Waals surface area contributed by atoms with E-state index in [1.165, 1.54) is 6.39 Å². The van der Waals surface area contributed by atoms with Crippen LogP contribution in [0.2, 0.25) is 0 Å². The third kappa shape index (κ3) is 3.99. The highest BCUT2D eigenvalue weighted by Gasteiger charge is 2.44. The van der Waals surface area contributed by atoms with Crippen LogP contribution < -0.4 is 4.72 Å². The molecular weight excluding hydrogens is 384 g/mol. The molecule has 0 amide bonds. The molecule has 0 unspecified atom stereocenters. The third-order valence-corrected chi connectivity index (χ3v) is 6.50. The summed E-state index contributed by atoms with van der Waals surface area (Å²) in [6, 6.07) is 0. The average Bonchev–Trinajstić information content (AvgIpc) is 3.14. The maximum atomic E-state index is 13.1. The Kier molecular flexibility index (Phi) is 4.83. The molecule has 3 heterocycles. The van der Waals surface area contributed by atoms with Crippen molar-refractivity contribution in [1.29, 1.82) is 0 Å². The summed E-state index contributed by atoms with van der Waals surface area (Å²) < 4.78 is 45.3. The number of sulfonamides is 1. The molecule has 0 radical (unpaired) electrons. The lowest BCUT2D eigenvalue weighted by molar-refractivity contribution is 0.0329. The molecule has 4 rings (SSSR count). The number of hydrogen-bond donors (Lipinski definition) is 1. The summed E-state index contributed by atoms with van der Waals surface area (Å²) in [5, 5.41) is 4.06. The largest absolute Gasteiger partial charge is 0.448 e. The molecule has 1 aliphatic carbocycles. The fourth-order valence-electron chi connectivity index (χ4n) is 3.51. The summed E-state index contributed by atoms with van der Waals surface area (Å²) in [6.07, 6.45) is 4.24. The van der Waals surface area contributed by atoms with Crippen LogP contribution in [0.3, 0.4) is 0 Å². The molecule has 0 bridgehead atoms. The van der Waals surface area contributed by atoms with Gasteiger partial charge in [0.15, 0.2) is 12.2 Å². The summed E-state index contributed by atoms with van der Waals surface area (Å²) >= 11 is 0. The van der Waals surface area contributed by atoms with E-state index in [-0.39, 0.29) is 11.2 Å². The van der Waals surface area contributed by atoms with E-state index in [0.717, 1.165) is 12.8 Å². The van der Waals surface area contributed by atoms with Gasteiger partial charge in [0.05, 0.1) is 5.69 Å². The highest BCUT2D eigenvalue weighted by Crippen LogP contribution is 2.40. The molecule has 0 aromatic carbocycles. The monoisotopic (exact) mass is 410 g/mol. The normalized spacial score (nSPS) is 20.4. The standard InChI is InChI=1S/C18H26N4O5S/c1-17(2,3)14-13(19-11-26-14)10-28(23,24)22-18(6-8-25-9-7-18)16-20-15(21-27-16)12-4-5-12/h11-12,22H,4-10H2,1-3H3. The Morgan fingerprint density at radius 1 is 1.25 bits per heavy atom. The van der Waals surface area contributed by atoms with Crippen LogP contribution in [0.4, 0.5) is 0 Å². The number of ether oxygens (including phenoxy) is 1. The van der Waals surface area contributed by atoms with Crippen LogP contribution >= 0.6 is 0 Å². The molecule has 1 saturated carbocycles. The quantitative estimate of drug-likeness (QED) is 0.770. The maximum absolute atomic E-state index is 13.1. The first-order chi connectivity index (χ1) is 13.2. The number of hydrogen-bond acceptors (Lipinski definition) is 8. The van der Waals surface area contributed by atoms with E-state index in [0.29, 0.717) is 55.1 Å². The molecule has 2 aromatic heterocycles. The van der Waals surface area contributed by atoms with E-state index in [9.17, 15) is 8.42 Å². The van der Waals surface area contributed by atoms with Gasteiger partial charge in [-0.15, -0.1) is 0 Å². The molecule has 0 spiro atoms. The highest BCUT2D eigenvalue weighted by atomic mass is 32.2. The molecule has 2 aliphatic rings. The Labute approximate surface area is 164 Å². The second-order valence-corrected chi connectivity index (χ2v) is 10.4. The minimum atomic E-state index is -3.74. The van der Waals surface area contributed by atoms with Gasteiger partial charge in [0, 0.05) is 24.5 Å². The van der Waals surface area contributed by atoms with Crippen LogP contribution in [0.15, 0.2) is 15.3 Å². The summed E-state index contributed by atoms with van der Waals surface area (Å²) in [7, 11) is -3.74. The van der Waals surface area contributed by atoms with Gasteiger partial charge >= 0.3 is 0 Å². The van der Waals surface area contributed by atoms with Crippen molar-refractivity contribution in [2.24, 2.45) is 0 Å². The van der Waals surface area contributed by atoms with E-state index in [4.69, 9.17) is 13.7 Å². The molecule has 2 aromatic rings. The molecule has 0 atom stereocenters. The van der Waals surface area contributed by atoms with E-state index in [1.807, 2.05) is 20.8 Å². The first-order valence-electron chi connectivity index (χ1n) is 9.55. The predicted octanol–water partition coefficient (Wildman–Crippen LogP) is 2.36. The fraction of sp³-hybridized carbons (Fsp3) is 0.722. The lowest BCUT2D eigenvalue weighted by Crippen LogP contribution is -2.50. The Bertz CT molecular complexity index is 933. The van der Waals surface area contributed by atoms with Gasteiger partial charge in [0.2, 0.25) is 15.9 Å². The van der Waals surface area contributed by atoms with E-state index in [1.54, 1.807) is 0 Å². The van der Waals surface area contributed by atoms with Gasteiger partial charge in [0.1, 0.15) is 17.1 Å². The van der Waals surface area contributed by atoms with Crippen molar-refractivity contribution >= 4 is 10.0 Å². The fourth-order valence-corrected chi connectivity index (χ4v) is 5.04. The predicted molar refractivity (Wildman–Crippen MR) is 99.0 cm³/mol. The molecule has 28 heavy (non-hydrogen) atoms. The molecule has 1 N–H and O–H groups in total. The van der Waals surface area contributed by atoms with Crippen molar-refractivity contribution in [2.75, 3.05) is 13.2 Å². The Morgan fingerprint density at radius 3 is 2.61 bits per heavy atom. The van der Waals surface area contributed by atoms with Crippen LogP contribution in [0.1, 0.15) is 75.5 Å². The van der Waals surface area contributed by atoms with Crippen LogP contribution in [0.5, 0.6) is 0 Å². The average molecular weight is 410 g/mol. The maximum Gasteiger partial charge on any atom is 0.248 e. The molecule has 10 heteroatoms. The molecule has 9 nitrogen and oxygen atoms in total. The van der Waals surface area contributed by atoms with Gasteiger partial charge in [0.25, 0.3) is 0 Å². The van der Waals surface area contributed by atoms with E-state index in [2.05, 4.69) is 19.8 Å². The zero-order valence-electron chi connectivity index (χ0n) is 16.4. The van der Waals surface area contributed by atoms with Crippen LogP contribution in [-0.4, -0.2) is 36.8 Å². The van der Waals surface area contributed by atoms with Crippen LogP contribution in [0.25, 0.3) is 0 Å². The van der Waals surface area contributed by atoms with Gasteiger partial charge in [-0.2, -0.15) is 9.71 Å². The number of nitrogens with one attached hydrogen (secondary N) is 1. The molecule has 2 fully saturated rings. The van der Waals surface area contributed by atoms with Crippen LogP contribution in [-0.2, 0) is 31.5 Å². The zero-order chi connectivity index (χ0) is 20.0. The second kappa shape index (κ2) is 6.93. The SMILES string of the molecule is CC(C)(C)c1ocnc1CS(=O)(=O)NC1(c2nc(C3CC3)no2)CCOCC1. The summed E-state index contributed by atoms with van der Waals surface area (Å²) in [6.45, 7) is 6.69. The van der Waals surface area contributed by atoms with Crippen molar-refractivity contribution in [2.45, 2.75) is 69.1 Å². The van der Waals surface area contributed by atoms with E-state index < -0.39 is 15.6 Å². The minimum absolute atomic E-state index is 0.275. The Hall–Kier alpha value is -1.78. The zero-order valence-corrected chi connectivity index (χ0v) is 17.2. The smallest absolute Gasteiger partial charge is 0.248 e. The minimum Gasteiger partial charge on any atom is -0.448 e. The topological polar surface area (TPSA) is 120 Å². The van der Waals surface area contributed by atoms with Crippen molar-refractivity contribution in [1.82, 2.24) is 19.8 Å². The van der Waals surface area contributed by atoms with Crippen molar-refractivity contribution in [3.63, 3.8) is 0 Å². The summed E-state index contributed by atoms with van der Waals surface area (Å²) in [5.74, 6) is 1.59. The Balaban J connectivity index is 1.60. The number of nitrogens with zero attached hydrogens (tertiary/aromatic N) is 3. The van der Waals surface area contributed by atoms with Gasteiger partial charge in [-0.25, -0.2) is 13.4 Å². The number of aromatic nitrogens is 3. The molecule has 1 aliphatic heterocycles. The molecule has 154 valence electrons. The second-order valence-electron chi connectivity index (χ2n) is 8.67. The lowest BCUT2D eigenvalue weighted by atomic mass is 9.91. The molecule has 1 saturated heterocycles. The van der Waals surface area contributed by atoms with Crippen molar-refractivity contribution < 1.29 is 22.1 Å². The number of oxazole rings is 1. The Morgan fingerprint density at radius 2 is 1.96 bits per heavy atom. The van der Waals surface area contributed by atoms with E-state index >= 15 is 0 Å². The number of rotatable bonds is 6. The van der Waals surface area contributed by atoms with Crippen LogP contribution in [0, 0.1) is 0 Å².